The van der Waals surface area contributed by atoms with Gasteiger partial charge in [0.1, 0.15) is 11.6 Å². The van der Waals surface area contributed by atoms with Gasteiger partial charge in [0.15, 0.2) is 0 Å². The Morgan fingerprint density at radius 3 is 2.00 bits per heavy atom. The molecular formula is C25H33N3O4. The first-order valence-corrected chi connectivity index (χ1v) is 10.6. The molecule has 0 aliphatic carbocycles. The standard InChI is InChI=1S/C25H33N3O4/c1-24(2,3)28-21(29)18-12-14-19(15-13-18)26-22(30)20(16-17-10-8-7-9-11-17)27-23(31)32-25(4,5)6/h7-15,20H,16H2,1-6H3,(H,26,30)(H,27,31)(H,28,29). The molecule has 172 valence electrons. The highest BCUT2D eigenvalue weighted by Crippen LogP contribution is 2.13. The van der Waals surface area contributed by atoms with Crippen LogP contribution >= 0.6 is 0 Å². The lowest BCUT2D eigenvalue weighted by atomic mass is 10.0. The van der Waals surface area contributed by atoms with Crippen LogP contribution in [0.4, 0.5) is 10.5 Å². The van der Waals surface area contributed by atoms with Crippen molar-refractivity contribution < 1.29 is 19.1 Å². The number of alkyl carbamates (subject to hydrolysis) is 1. The highest BCUT2D eigenvalue weighted by molar-refractivity contribution is 5.98. The molecule has 2 rings (SSSR count). The predicted octanol–water partition coefficient (Wildman–Crippen LogP) is 4.29. The van der Waals surface area contributed by atoms with Gasteiger partial charge in [-0.05, 0) is 71.4 Å². The Balaban J connectivity index is 2.11. The summed E-state index contributed by atoms with van der Waals surface area (Å²) in [4.78, 5) is 37.5. The van der Waals surface area contributed by atoms with E-state index in [2.05, 4.69) is 16.0 Å². The van der Waals surface area contributed by atoms with Gasteiger partial charge in [-0.25, -0.2) is 4.79 Å². The van der Waals surface area contributed by atoms with Gasteiger partial charge in [0, 0.05) is 23.2 Å². The molecule has 3 amide bonds. The summed E-state index contributed by atoms with van der Waals surface area (Å²) < 4.78 is 5.31. The van der Waals surface area contributed by atoms with Crippen LogP contribution in [0.3, 0.4) is 0 Å². The third-order valence-corrected chi connectivity index (χ3v) is 4.19. The summed E-state index contributed by atoms with van der Waals surface area (Å²) in [6, 6.07) is 15.2. The summed E-state index contributed by atoms with van der Waals surface area (Å²) in [6.07, 6.45) is -0.361. The van der Waals surface area contributed by atoms with Crippen LogP contribution in [0.1, 0.15) is 57.5 Å². The molecule has 0 saturated heterocycles. The van der Waals surface area contributed by atoms with E-state index in [0.717, 1.165) is 5.56 Å². The number of hydrogen-bond donors (Lipinski definition) is 3. The van der Waals surface area contributed by atoms with Crippen LogP contribution < -0.4 is 16.0 Å². The minimum absolute atomic E-state index is 0.191. The summed E-state index contributed by atoms with van der Waals surface area (Å²) >= 11 is 0. The van der Waals surface area contributed by atoms with Crippen molar-refractivity contribution in [3.8, 4) is 0 Å². The van der Waals surface area contributed by atoms with Gasteiger partial charge >= 0.3 is 6.09 Å². The number of anilines is 1. The minimum Gasteiger partial charge on any atom is -0.444 e. The quantitative estimate of drug-likeness (QED) is 0.626. The zero-order valence-electron chi connectivity index (χ0n) is 19.6. The highest BCUT2D eigenvalue weighted by atomic mass is 16.6. The molecule has 0 saturated carbocycles. The van der Waals surface area contributed by atoms with Crippen LogP contribution in [0.2, 0.25) is 0 Å². The Bertz CT molecular complexity index is 926. The second kappa shape index (κ2) is 10.3. The van der Waals surface area contributed by atoms with Crippen LogP contribution in [-0.2, 0) is 16.0 Å². The van der Waals surface area contributed by atoms with Gasteiger partial charge in [0.2, 0.25) is 5.91 Å². The first-order valence-electron chi connectivity index (χ1n) is 10.6. The summed E-state index contributed by atoms with van der Waals surface area (Å²) in [5.74, 6) is -0.574. The topological polar surface area (TPSA) is 96.5 Å². The molecular weight excluding hydrogens is 406 g/mol. The number of ether oxygens (including phenoxy) is 1. The normalized spacial score (nSPS) is 12.4. The number of carbonyl (C=O) groups excluding carboxylic acids is 3. The van der Waals surface area contributed by atoms with Gasteiger partial charge in [-0.2, -0.15) is 0 Å². The van der Waals surface area contributed by atoms with E-state index in [-0.39, 0.29) is 17.4 Å². The van der Waals surface area contributed by atoms with Crippen molar-refractivity contribution in [2.45, 2.75) is 65.1 Å². The average molecular weight is 440 g/mol. The Morgan fingerprint density at radius 2 is 1.47 bits per heavy atom. The van der Waals surface area contributed by atoms with Crippen molar-refractivity contribution in [1.29, 1.82) is 0 Å². The monoisotopic (exact) mass is 439 g/mol. The number of amides is 3. The van der Waals surface area contributed by atoms with Crippen molar-refractivity contribution in [2.75, 3.05) is 5.32 Å². The Kier molecular flexibility index (Phi) is 8.02. The van der Waals surface area contributed by atoms with Crippen molar-refractivity contribution in [1.82, 2.24) is 10.6 Å². The molecule has 0 aromatic heterocycles. The third-order valence-electron chi connectivity index (χ3n) is 4.19. The fourth-order valence-electron chi connectivity index (χ4n) is 2.86. The second-order valence-electron chi connectivity index (χ2n) is 9.66. The van der Waals surface area contributed by atoms with Crippen LogP contribution in [-0.4, -0.2) is 35.1 Å². The molecule has 32 heavy (non-hydrogen) atoms. The lowest BCUT2D eigenvalue weighted by Crippen LogP contribution is -2.47. The van der Waals surface area contributed by atoms with Crippen LogP contribution in [0.25, 0.3) is 0 Å². The van der Waals surface area contributed by atoms with E-state index >= 15 is 0 Å². The molecule has 2 aromatic carbocycles. The second-order valence-corrected chi connectivity index (χ2v) is 9.66. The van der Waals surface area contributed by atoms with Gasteiger partial charge in [0.25, 0.3) is 5.91 Å². The largest absolute Gasteiger partial charge is 0.444 e. The van der Waals surface area contributed by atoms with Crippen molar-refractivity contribution in [2.24, 2.45) is 0 Å². The first-order chi connectivity index (χ1) is 14.8. The van der Waals surface area contributed by atoms with E-state index in [1.54, 1.807) is 45.0 Å². The number of benzene rings is 2. The van der Waals surface area contributed by atoms with Crippen molar-refractivity contribution >= 4 is 23.6 Å². The van der Waals surface area contributed by atoms with Gasteiger partial charge < -0.3 is 20.7 Å². The summed E-state index contributed by atoms with van der Waals surface area (Å²) in [7, 11) is 0. The maximum absolute atomic E-state index is 13.0. The molecule has 7 heteroatoms. The maximum atomic E-state index is 13.0. The van der Waals surface area contributed by atoms with Crippen LogP contribution in [0.5, 0.6) is 0 Å². The molecule has 7 nitrogen and oxygen atoms in total. The van der Waals surface area contributed by atoms with E-state index in [0.29, 0.717) is 17.7 Å². The number of rotatable bonds is 6. The predicted molar refractivity (Wildman–Crippen MR) is 126 cm³/mol. The number of nitrogens with one attached hydrogen (secondary N) is 3. The lowest BCUT2D eigenvalue weighted by molar-refractivity contribution is -0.118. The molecule has 0 aliphatic rings. The van der Waals surface area contributed by atoms with Gasteiger partial charge in [0.05, 0.1) is 0 Å². The van der Waals surface area contributed by atoms with E-state index in [1.807, 2.05) is 51.1 Å². The van der Waals surface area contributed by atoms with Crippen LogP contribution in [0, 0.1) is 0 Å². The molecule has 0 spiro atoms. The van der Waals surface area contributed by atoms with E-state index < -0.39 is 17.7 Å². The van der Waals surface area contributed by atoms with Crippen LogP contribution in [0.15, 0.2) is 54.6 Å². The Morgan fingerprint density at radius 1 is 0.875 bits per heavy atom. The average Bonchev–Trinajstić information content (AvgIpc) is 2.66. The smallest absolute Gasteiger partial charge is 0.408 e. The molecule has 0 heterocycles. The molecule has 0 radical (unpaired) electrons. The fraction of sp³-hybridized carbons (Fsp3) is 0.400. The molecule has 0 aliphatic heterocycles. The highest BCUT2D eigenvalue weighted by Gasteiger charge is 2.25. The Hall–Kier alpha value is -3.35. The molecule has 1 unspecified atom stereocenters. The fourth-order valence-corrected chi connectivity index (χ4v) is 2.86. The van der Waals surface area contributed by atoms with Gasteiger partial charge in [-0.3, -0.25) is 9.59 Å². The molecule has 0 fully saturated rings. The first kappa shape index (κ1) is 24.9. The third kappa shape index (κ3) is 8.79. The number of hydrogen-bond acceptors (Lipinski definition) is 4. The zero-order valence-corrected chi connectivity index (χ0v) is 19.6. The van der Waals surface area contributed by atoms with Gasteiger partial charge in [-0.1, -0.05) is 30.3 Å². The maximum Gasteiger partial charge on any atom is 0.408 e. The van der Waals surface area contributed by atoms with E-state index in [1.165, 1.54) is 0 Å². The Labute approximate surface area is 189 Å². The molecule has 3 N–H and O–H groups in total. The minimum atomic E-state index is -0.837. The molecule has 0 bridgehead atoms. The van der Waals surface area contributed by atoms with E-state index in [4.69, 9.17) is 4.74 Å². The molecule has 1 atom stereocenters. The van der Waals surface area contributed by atoms with Gasteiger partial charge in [-0.15, -0.1) is 0 Å². The van der Waals surface area contributed by atoms with Crippen molar-refractivity contribution in [3.63, 3.8) is 0 Å². The zero-order chi connectivity index (χ0) is 23.9. The summed E-state index contributed by atoms with van der Waals surface area (Å²) in [6.45, 7) is 11.0. The summed E-state index contributed by atoms with van der Waals surface area (Å²) in [5, 5.41) is 8.36. The van der Waals surface area contributed by atoms with E-state index in [9.17, 15) is 14.4 Å². The van der Waals surface area contributed by atoms with Crippen molar-refractivity contribution in [3.05, 3.63) is 65.7 Å². The number of carbonyl (C=O) groups is 3. The summed E-state index contributed by atoms with van der Waals surface area (Å²) in [5.41, 5.74) is 0.887. The lowest BCUT2D eigenvalue weighted by Gasteiger charge is -2.23. The SMILES string of the molecule is CC(C)(C)NC(=O)c1ccc(NC(=O)C(Cc2ccccc2)NC(=O)OC(C)(C)C)cc1. The molecule has 2 aromatic rings.